The molecular formula is C26H36N8O5. The predicted molar refractivity (Wildman–Crippen MR) is 142 cm³/mol. The first-order chi connectivity index (χ1) is 18.4. The summed E-state index contributed by atoms with van der Waals surface area (Å²) in [5.74, 6) is -2.26. The zero-order chi connectivity index (χ0) is 27.7. The van der Waals surface area contributed by atoms with Gasteiger partial charge in [-0.2, -0.15) is 0 Å². The molecule has 1 aromatic rings. The molecule has 6 rings (SSSR count). The topological polar surface area (TPSA) is 200 Å². The summed E-state index contributed by atoms with van der Waals surface area (Å²) in [4.78, 5) is 36.3. The van der Waals surface area contributed by atoms with Gasteiger partial charge in [0.25, 0.3) is 5.91 Å². The zero-order valence-electron chi connectivity index (χ0n) is 22.1. The highest BCUT2D eigenvalue weighted by molar-refractivity contribution is 5.98. The quantitative estimate of drug-likeness (QED) is 0.208. The number of amides is 2. The second kappa shape index (κ2) is 8.71. The Hall–Kier alpha value is -3.58. The molecule has 1 saturated heterocycles. The number of carbonyl (C=O) groups is 2. The van der Waals surface area contributed by atoms with Gasteiger partial charge in [0.15, 0.2) is 17.6 Å². The van der Waals surface area contributed by atoms with E-state index in [1.807, 2.05) is 6.07 Å². The van der Waals surface area contributed by atoms with Crippen LogP contribution in [0, 0.1) is 5.92 Å². The minimum Gasteiger partial charge on any atom is -0.492 e. The Morgan fingerprint density at radius 1 is 1.23 bits per heavy atom. The van der Waals surface area contributed by atoms with Crippen LogP contribution >= 0.6 is 0 Å². The number of rotatable bonds is 6. The number of nitrogens with zero attached hydrogens (tertiary/aromatic N) is 3. The highest BCUT2D eigenvalue weighted by Gasteiger charge is 2.73. The van der Waals surface area contributed by atoms with Crippen LogP contribution in [0.5, 0.6) is 5.75 Å². The fourth-order valence-electron chi connectivity index (χ4n) is 6.31. The lowest BCUT2D eigenvalue weighted by molar-refractivity contribution is -0.230. The molecule has 4 atom stereocenters. The maximum atomic E-state index is 13.5. The number of nitrogens with one attached hydrogen (secondary N) is 3. The Balaban J connectivity index is 1.26. The predicted octanol–water partition coefficient (Wildman–Crippen LogP) is -1.56. The minimum absolute atomic E-state index is 0.0172. The fraction of sp³-hybridized carbons (Fsp3) is 0.615. The van der Waals surface area contributed by atoms with E-state index < -0.39 is 35.5 Å². The van der Waals surface area contributed by atoms with Gasteiger partial charge in [0.05, 0.1) is 18.2 Å². The first-order valence-corrected chi connectivity index (χ1v) is 13.4. The van der Waals surface area contributed by atoms with Gasteiger partial charge in [-0.05, 0) is 36.7 Å². The molecule has 1 saturated carbocycles. The van der Waals surface area contributed by atoms with Gasteiger partial charge in [-0.1, -0.05) is 26.0 Å². The Labute approximate surface area is 226 Å². The molecule has 1 aliphatic carbocycles. The lowest BCUT2D eigenvalue weighted by Crippen LogP contribution is -2.78. The van der Waals surface area contributed by atoms with Gasteiger partial charge in [-0.15, -0.1) is 0 Å². The summed E-state index contributed by atoms with van der Waals surface area (Å²) in [6.07, 6.45) is 3.36. The summed E-state index contributed by atoms with van der Waals surface area (Å²) >= 11 is 0. The van der Waals surface area contributed by atoms with E-state index in [1.165, 1.54) is 4.90 Å². The summed E-state index contributed by atoms with van der Waals surface area (Å²) in [6, 6.07) is 2.60. The standard InChI is InChI=1S/C26H36N8O5/c1-24(2)8-9-39-19-14(4-3-5-15(19)24)21(36)31-17-12-34-23(28)30-16(11-29-18(35)10-13-6-7-13)20-25(34,26(17,37)38)33-22(27)32-20/h3-5,13,16-17,20,37-38H,6-12H2,1-2H3,(H2,28,30)(H,29,35)(H,31,36)(H3,27,32,33)/t16-,17?,20-,25-/m0/s1. The molecule has 13 heteroatoms. The highest BCUT2D eigenvalue weighted by Crippen LogP contribution is 2.45. The second-order valence-electron chi connectivity index (χ2n) is 11.9. The Morgan fingerprint density at radius 2 is 2.00 bits per heavy atom. The third kappa shape index (κ3) is 3.97. The molecule has 2 amide bonds. The van der Waals surface area contributed by atoms with Crippen molar-refractivity contribution in [2.75, 3.05) is 19.7 Å². The highest BCUT2D eigenvalue weighted by atomic mass is 16.5. The Morgan fingerprint density at radius 3 is 2.74 bits per heavy atom. The number of carbonyl (C=O) groups excluding carboxylic acids is 2. The first kappa shape index (κ1) is 25.7. The number of para-hydroxylation sites is 1. The van der Waals surface area contributed by atoms with E-state index in [2.05, 4.69) is 39.8 Å². The maximum absolute atomic E-state index is 13.5. The molecule has 0 radical (unpaired) electrons. The molecule has 210 valence electrons. The van der Waals surface area contributed by atoms with Crippen molar-refractivity contribution in [2.45, 2.75) is 74.5 Å². The van der Waals surface area contributed by atoms with Crippen LogP contribution in [0.1, 0.15) is 55.5 Å². The van der Waals surface area contributed by atoms with Gasteiger partial charge in [0.2, 0.25) is 11.7 Å². The molecular weight excluding hydrogens is 504 g/mol. The molecule has 1 aromatic carbocycles. The van der Waals surface area contributed by atoms with Crippen LogP contribution in [0.4, 0.5) is 0 Å². The first-order valence-electron chi connectivity index (χ1n) is 13.4. The smallest absolute Gasteiger partial charge is 0.255 e. The van der Waals surface area contributed by atoms with Crippen LogP contribution in [-0.4, -0.2) is 88.1 Å². The van der Waals surface area contributed by atoms with Crippen molar-refractivity contribution in [3.63, 3.8) is 0 Å². The number of fused-ring (bicyclic) bond motifs is 1. The van der Waals surface area contributed by atoms with Crippen molar-refractivity contribution in [3.8, 4) is 5.75 Å². The molecule has 0 aromatic heterocycles. The van der Waals surface area contributed by atoms with Gasteiger partial charge in [-0.25, -0.2) is 9.98 Å². The number of benzene rings is 1. The number of ether oxygens (including phenoxy) is 1. The number of aliphatic imine (C=N–C) groups is 2. The van der Waals surface area contributed by atoms with Crippen molar-refractivity contribution in [1.29, 1.82) is 0 Å². The third-order valence-electron chi connectivity index (χ3n) is 8.75. The fourth-order valence-corrected chi connectivity index (χ4v) is 6.31. The van der Waals surface area contributed by atoms with E-state index in [1.54, 1.807) is 12.1 Å². The summed E-state index contributed by atoms with van der Waals surface area (Å²) < 4.78 is 5.89. The summed E-state index contributed by atoms with van der Waals surface area (Å²) in [7, 11) is 0. The van der Waals surface area contributed by atoms with Crippen molar-refractivity contribution in [2.24, 2.45) is 27.4 Å². The van der Waals surface area contributed by atoms with Crippen molar-refractivity contribution < 1.29 is 24.5 Å². The molecule has 2 fully saturated rings. The molecule has 0 bridgehead atoms. The van der Waals surface area contributed by atoms with Gasteiger partial charge in [-0.3, -0.25) is 9.59 Å². The van der Waals surface area contributed by atoms with Crippen molar-refractivity contribution >= 4 is 23.7 Å². The average Bonchev–Trinajstić information content (AvgIpc) is 3.56. The van der Waals surface area contributed by atoms with E-state index in [9.17, 15) is 19.8 Å². The third-order valence-corrected chi connectivity index (χ3v) is 8.75. The summed E-state index contributed by atoms with van der Waals surface area (Å²) in [5.41, 5.74) is 11.7. The maximum Gasteiger partial charge on any atom is 0.255 e. The number of nitrogens with two attached hydrogens (primary N) is 2. The lowest BCUT2D eigenvalue weighted by atomic mass is 9.79. The van der Waals surface area contributed by atoms with Crippen molar-refractivity contribution in [1.82, 2.24) is 20.9 Å². The molecule has 4 aliphatic heterocycles. The Bertz CT molecular complexity index is 1270. The number of aliphatic hydroxyl groups is 2. The number of hydrogen-bond donors (Lipinski definition) is 7. The molecule has 5 aliphatic rings. The van der Waals surface area contributed by atoms with Crippen LogP contribution in [0.25, 0.3) is 0 Å². The van der Waals surface area contributed by atoms with Gasteiger partial charge in [0, 0.05) is 25.1 Å². The average molecular weight is 541 g/mol. The van der Waals surface area contributed by atoms with Crippen LogP contribution in [0.15, 0.2) is 28.2 Å². The van der Waals surface area contributed by atoms with E-state index in [4.69, 9.17) is 16.2 Å². The second-order valence-corrected chi connectivity index (χ2v) is 11.9. The molecule has 1 unspecified atom stereocenters. The van der Waals surface area contributed by atoms with Gasteiger partial charge < -0.3 is 47.3 Å². The molecule has 9 N–H and O–H groups in total. The van der Waals surface area contributed by atoms with Crippen LogP contribution < -0.4 is 32.2 Å². The van der Waals surface area contributed by atoms with E-state index >= 15 is 0 Å². The number of hydrogen-bond acceptors (Lipinski definition) is 11. The van der Waals surface area contributed by atoms with E-state index in [-0.39, 0.29) is 36.3 Å². The van der Waals surface area contributed by atoms with E-state index in [0.717, 1.165) is 24.8 Å². The minimum atomic E-state index is -2.57. The normalized spacial score (nSPS) is 31.5. The summed E-state index contributed by atoms with van der Waals surface area (Å²) in [6.45, 7) is 4.70. The molecule has 1 spiro atoms. The van der Waals surface area contributed by atoms with Crippen molar-refractivity contribution in [3.05, 3.63) is 29.3 Å². The van der Waals surface area contributed by atoms with Crippen LogP contribution in [0.3, 0.4) is 0 Å². The number of guanidine groups is 2. The van der Waals surface area contributed by atoms with Crippen LogP contribution in [-0.2, 0) is 10.2 Å². The SMILES string of the molecule is CC1(C)CCOc2c(C(=O)NC3CN4C(N)=N[C@@H](CNC(=O)CC5CC5)[C@@H]5N=C(N)N[C@@]54C3(O)O)cccc21. The van der Waals surface area contributed by atoms with Gasteiger partial charge in [0.1, 0.15) is 17.8 Å². The lowest BCUT2D eigenvalue weighted by Gasteiger charge is -2.49. The molecule has 39 heavy (non-hydrogen) atoms. The van der Waals surface area contributed by atoms with Gasteiger partial charge >= 0.3 is 0 Å². The molecule has 4 heterocycles. The van der Waals surface area contributed by atoms with E-state index in [0.29, 0.717) is 30.3 Å². The van der Waals surface area contributed by atoms with Crippen LogP contribution in [0.2, 0.25) is 0 Å². The largest absolute Gasteiger partial charge is 0.492 e. The zero-order valence-corrected chi connectivity index (χ0v) is 22.1. The monoisotopic (exact) mass is 540 g/mol. The summed E-state index contributed by atoms with van der Waals surface area (Å²) in [5, 5.41) is 31.9. The Kier molecular flexibility index (Phi) is 5.74. The molecule has 13 nitrogen and oxygen atoms in total.